The Kier molecular flexibility index (Phi) is 6.94. The summed E-state index contributed by atoms with van der Waals surface area (Å²) in [5, 5.41) is 0. The number of nitrogens with zero attached hydrogens (tertiary/aromatic N) is 4. The Bertz CT molecular complexity index is 1150. The van der Waals surface area contributed by atoms with Gasteiger partial charge in [0.2, 0.25) is 0 Å². The van der Waals surface area contributed by atoms with Crippen LogP contribution >= 0.6 is 0 Å². The lowest BCUT2D eigenvalue weighted by Crippen LogP contribution is -2.46. The highest BCUT2D eigenvalue weighted by Gasteiger charge is 2.32. The second kappa shape index (κ2) is 9.97. The van der Waals surface area contributed by atoms with Gasteiger partial charge in [-0.15, -0.1) is 0 Å². The van der Waals surface area contributed by atoms with E-state index in [0.717, 1.165) is 55.7 Å². The van der Waals surface area contributed by atoms with Crippen LogP contribution in [0.1, 0.15) is 24.5 Å². The molecule has 190 valence electrons. The van der Waals surface area contributed by atoms with E-state index in [9.17, 15) is 13.0 Å². The predicted molar refractivity (Wildman–Crippen MR) is 139 cm³/mol. The van der Waals surface area contributed by atoms with Crippen LogP contribution < -0.4 is 14.1 Å². The van der Waals surface area contributed by atoms with Crippen LogP contribution in [-0.4, -0.2) is 83.4 Å². The van der Waals surface area contributed by atoms with Crippen LogP contribution in [0, 0.1) is 6.92 Å². The fourth-order valence-electron chi connectivity index (χ4n) is 5.72. The van der Waals surface area contributed by atoms with Crippen LogP contribution in [0.25, 0.3) is 0 Å². The van der Waals surface area contributed by atoms with Crippen molar-refractivity contribution in [3.05, 3.63) is 53.1 Å². The zero-order valence-electron chi connectivity index (χ0n) is 21.6. The van der Waals surface area contributed by atoms with Crippen molar-refractivity contribution in [1.29, 1.82) is 0 Å². The molecule has 0 spiro atoms. The van der Waals surface area contributed by atoms with Gasteiger partial charge in [-0.2, -0.15) is 0 Å². The molecule has 2 aliphatic heterocycles. The van der Waals surface area contributed by atoms with Gasteiger partial charge in [0.25, 0.3) is 0 Å². The minimum atomic E-state index is -4.68. The van der Waals surface area contributed by atoms with E-state index >= 15 is 0 Å². The van der Waals surface area contributed by atoms with E-state index in [1.165, 1.54) is 22.4 Å². The third-order valence-electron chi connectivity index (χ3n) is 7.70. The zero-order valence-corrected chi connectivity index (χ0v) is 21.5. The molecule has 0 aromatic heterocycles. The van der Waals surface area contributed by atoms with Gasteiger partial charge in [-0.25, -0.2) is 8.42 Å². The van der Waals surface area contributed by atoms with Crippen LogP contribution in [0.15, 0.2) is 36.4 Å². The van der Waals surface area contributed by atoms with E-state index in [1.54, 1.807) is 12.1 Å². The maximum absolute atomic E-state index is 12.5. The highest BCUT2D eigenvalue weighted by atomic mass is 32.2. The van der Waals surface area contributed by atoms with E-state index in [2.05, 4.69) is 40.8 Å². The first-order valence-electron chi connectivity index (χ1n) is 12.5. The molecular weight excluding hydrogens is 464 g/mol. The first kappa shape index (κ1) is 24.4. The second-order valence-corrected chi connectivity index (χ2v) is 11.2. The smallest absolute Gasteiger partial charge is 0.731 e. The first-order chi connectivity index (χ1) is 16.8. The largest absolute Gasteiger partial charge is 1.00 e. The third-order valence-corrected chi connectivity index (χ3v) is 8.70. The molecule has 0 saturated carbocycles. The topological polar surface area (TPSA) is 79.4 Å². The molecule has 1 atom stereocenters. The van der Waals surface area contributed by atoms with Crippen LogP contribution in [-0.2, 0) is 27.9 Å². The number of rotatable bonds is 5. The number of ether oxygens (including phenoxy) is 1. The molecular formula is C26H36N4O4S. The van der Waals surface area contributed by atoms with Gasteiger partial charge in [0.1, 0.15) is 0 Å². The van der Waals surface area contributed by atoms with Crippen molar-refractivity contribution in [3.8, 4) is 0 Å². The van der Waals surface area contributed by atoms with Gasteiger partial charge in [-0.1, -0.05) is 6.07 Å². The molecule has 8 nitrogen and oxygen atoms in total. The average molecular weight is 501 g/mol. The quantitative estimate of drug-likeness (QED) is 0.584. The van der Waals surface area contributed by atoms with Crippen molar-refractivity contribution < 1.29 is 19.1 Å². The van der Waals surface area contributed by atoms with Gasteiger partial charge in [0.05, 0.1) is 18.9 Å². The molecule has 2 heterocycles. The Hall–Kier alpha value is -2.33. The summed E-state index contributed by atoms with van der Waals surface area (Å²) < 4.78 is 44.2. The van der Waals surface area contributed by atoms with Gasteiger partial charge in [0.15, 0.2) is 10.3 Å². The summed E-state index contributed by atoms with van der Waals surface area (Å²) >= 11 is 0. The highest BCUT2D eigenvalue weighted by molar-refractivity contribution is 7.87. The Labute approximate surface area is 210 Å². The summed E-state index contributed by atoms with van der Waals surface area (Å²) in [6.07, 6.45) is 1.95. The molecule has 0 amide bonds. The summed E-state index contributed by atoms with van der Waals surface area (Å²) in [6.45, 7) is 8.99. The number of aryl methyl sites for hydroxylation is 1. The Morgan fingerprint density at radius 1 is 0.943 bits per heavy atom. The number of hydrogen-bond donors (Lipinski definition) is 0. The molecule has 9 heteroatoms. The highest BCUT2D eigenvalue weighted by Crippen LogP contribution is 2.37. The summed E-state index contributed by atoms with van der Waals surface area (Å²) in [5.74, 6) is 0. The maximum Gasteiger partial charge on any atom is 1.00 e. The first-order valence-corrected chi connectivity index (χ1v) is 13.9. The Morgan fingerprint density at radius 2 is 1.63 bits per heavy atom. The van der Waals surface area contributed by atoms with Crippen LogP contribution in [0.5, 0.6) is 0 Å². The van der Waals surface area contributed by atoms with E-state index in [1.807, 2.05) is 12.1 Å². The Morgan fingerprint density at radius 3 is 2.29 bits per heavy atom. The molecule has 0 N–H and O–H groups in total. The lowest BCUT2D eigenvalue weighted by atomic mass is 9.84. The van der Waals surface area contributed by atoms with Crippen LogP contribution in [0.3, 0.4) is 0 Å². The van der Waals surface area contributed by atoms with Crippen molar-refractivity contribution in [2.24, 2.45) is 0 Å². The summed E-state index contributed by atoms with van der Waals surface area (Å²) in [6, 6.07) is 11.3. The number of hydrogen-bond acceptors (Lipinski definition) is 7. The molecule has 1 unspecified atom stereocenters. The molecule has 0 bridgehead atoms. The monoisotopic (exact) mass is 500 g/mol. The Balaban J connectivity index is 0.00000304. The molecule has 5 rings (SSSR count). The van der Waals surface area contributed by atoms with Crippen molar-refractivity contribution in [3.63, 3.8) is 0 Å². The summed E-state index contributed by atoms with van der Waals surface area (Å²) in [4.78, 5) is 6.95. The molecule has 2 aromatic rings. The number of morpholine rings is 1. The second-order valence-electron chi connectivity index (χ2n) is 9.91. The number of fused-ring (bicyclic) bond motifs is 1. The van der Waals surface area contributed by atoms with Crippen molar-refractivity contribution in [1.82, 2.24) is 4.90 Å². The van der Waals surface area contributed by atoms with Crippen LogP contribution in [0.4, 0.5) is 17.1 Å². The molecule has 1 aliphatic carbocycles. The number of piperazine rings is 1. The van der Waals surface area contributed by atoms with E-state index in [-0.39, 0.29) is 1.43 Å². The molecule has 2 fully saturated rings. The van der Waals surface area contributed by atoms with Gasteiger partial charge >= 0.3 is 1.43 Å². The van der Waals surface area contributed by atoms with Gasteiger partial charge < -0.3 is 24.0 Å². The third kappa shape index (κ3) is 5.14. The molecule has 2 aromatic carbocycles. The standard InChI is InChI=1S/C26H36N4O4S/c1-20-3-10-26(29-13-11-27(2)12-14-29)25-19-23(8-9-24(20)25)30(35(31,32)33)22-6-4-21(5-7-22)28-15-17-34-18-16-28/h3-7,10,23H,8-9,11-19H2,1-2H3,(H,31,32,33). The number of benzene rings is 2. The zero-order chi connectivity index (χ0) is 24.6. The summed E-state index contributed by atoms with van der Waals surface area (Å²) in [5.41, 5.74) is 6.39. The van der Waals surface area contributed by atoms with Gasteiger partial charge in [0, 0.05) is 56.7 Å². The minimum absolute atomic E-state index is 0. The maximum atomic E-state index is 12.5. The average Bonchev–Trinajstić information content (AvgIpc) is 2.85. The van der Waals surface area contributed by atoms with Crippen molar-refractivity contribution in [2.45, 2.75) is 32.2 Å². The fourth-order valence-corrected chi connectivity index (χ4v) is 6.65. The lowest BCUT2D eigenvalue weighted by molar-refractivity contribution is 0.122. The fraction of sp³-hybridized carbons (Fsp3) is 0.538. The minimum Gasteiger partial charge on any atom is -0.731 e. The van der Waals surface area contributed by atoms with Crippen molar-refractivity contribution in [2.75, 3.05) is 73.6 Å². The van der Waals surface area contributed by atoms with E-state index in [0.29, 0.717) is 31.7 Å². The predicted octanol–water partition coefficient (Wildman–Crippen LogP) is 2.52. The number of anilines is 3. The normalized spacial score (nSPS) is 21.6. The molecule has 2 saturated heterocycles. The van der Waals surface area contributed by atoms with Gasteiger partial charge in [-0.3, -0.25) is 4.31 Å². The molecule has 35 heavy (non-hydrogen) atoms. The molecule has 0 radical (unpaired) electrons. The SMILES string of the molecule is Cc1ccc(N2CCN(C)CC2)c2c1CCC(N(c1ccc(N3CCOCC3)cc1)S(=O)(=O)[O-])C2.[H+]. The molecule has 3 aliphatic rings. The van der Waals surface area contributed by atoms with Gasteiger partial charge in [-0.05, 0) is 80.3 Å². The van der Waals surface area contributed by atoms with Crippen molar-refractivity contribution >= 4 is 27.4 Å². The van der Waals surface area contributed by atoms with E-state index in [4.69, 9.17) is 4.74 Å². The summed E-state index contributed by atoms with van der Waals surface area (Å²) in [7, 11) is -2.55. The van der Waals surface area contributed by atoms with Crippen LogP contribution in [0.2, 0.25) is 0 Å². The van der Waals surface area contributed by atoms with E-state index < -0.39 is 16.3 Å². The number of likely N-dealkylation sites (N-methyl/N-ethyl adjacent to an activating group) is 1. The lowest BCUT2D eigenvalue weighted by Gasteiger charge is -2.41.